The van der Waals surface area contributed by atoms with Crippen LogP contribution in [0.1, 0.15) is 50.9 Å². The smallest absolute Gasteiger partial charge is 0.230 e. The lowest BCUT2D eigenvalue weighted by molar-refractivity contribution is -0.890. The van der Waals surface area contributed by atoms with Gasteiger partial charge in [0.05, 0.1) is 19.8 Å². The quantitative estimate of drug-likeness (QED) is 0.644. The van der Waals surface area contributed by atoms with Crippen LogP contribution in [0.15, 0.2) is 29.4 Å². The first-order chi connectivity index (χ1) is 14.0. The highest BCUT2D eigenvalue weighted by atomic mass is 32.2. The number of benzene rings is 1. The van der Waals surface area contributed by atoms with Crippen LogP contribution in [-0.4, -0.2) is 47.1 Å². The second kappa shape index (κ2) is 10.2. The number of aromatic nitrogens is 3. The summed E-state index contributed by atoms with van der Waals surface area (Å²) in [5.41, 5.74) is 0.796. The molecule has 29 heavy (non-hydrogen) atoms. The van der Waals surface area contributed by atoms with E-state index in [0.29, 0.717) is 11.1 Å². The van der Waals surface area contributed by atoms with Crippen molar-refractivity contribution in [1.29, 1.82) is 0 Å². The van der Waals surface area contributed by atoms with Gasteiger partial charge in [-0.15, -0.1) is 10.2 Å². The Hall–Kier alpha value is -1.93. The van der Waals surface area contributed by atoms with Crippen molar-refractivity contribution < 1.29 is 14.1 Å². The number of nitrogens with one attached hydrogen (secondary N) is 2. The van der Waals surface area contributed by atoms with Crippen molar-refractivity contribution in [2.75, 3.05) is 26.4 Å². The molecular formula is C21H31FN5OS+. The molecular weight excluding hydrogens is 389 g/mol. The third-order valence-corrected chi connectivity index (χ3v) is 6.57. The third kappa shape index (κ3) is 5.79. The lowest BCUT2D eigenvalue weighted by Crippen LogP contribution is -3.05. The zero-order valence-corrected chi connectivity index (χ0v) is 18.3. The van der Waals surface area contributed by atoms with Gasteiger partial charge in [-0.05, 0) is 49.9 Å². The van der Waals surface area contributed by atoms with Crippen LogP contribution in [-0.2, 0) is 4.79 Å². The summed E-state index contributed by atoms with van der Waals surface area (Å²) in [6, 6.07) is 6.39. The fraction of sp³-hybridized carbons (Fsp3) is 0.571. The Balaban J connectivity index is 1.69. The number of hydrogen-bond donors (Lipinski definition) is 2. The lowest BCUT2D eigenvalue weighted by atomic mass is 9.89. The number of carbonyl (C=O) groups excluding carboxylic acids is 1. The molecule has 1 fully saturated rings. The van der Waals surface area contributed by atoms with Crippen molar-refractivity contribution in [3.8, 4) is 5.69 Å². The molecule has 0 saturated heterocycles. The van der Waals surface area contributed by atoms with Gasteiger partial charge in [0.2, 0.25) is 5.91 Å². The summed E-state index contributed by atoms with van der Waals surface area (Å²) in [5, 5.41) is 12.4. The summed E-state index contributed by atoms with van der Waals surface area (Å²) in [6.45, 7) is 2.83. The predicted molar refractivity (Wildman–Crippen MR) is 113 cm³/mol. The standard InChI is InChI=1S/C21H30FN5OS/c1-15(26(2)3)20-24-25-21(27(20)18-11-9-17(22)10-12-18)29-14-19(28)23-13-16-7-5-4-6-8-16/h9-12,15-16H,4-8,13-14H2,1-3H3,(H,23,28)/p+1/t15-/m1/s1. The Labute approximate surface area is 176 Å². The first kappa shape index (κ1) is 21.8. The van der Waals surface area contributed by atoms with Crippen LogP contribution in [0.2, 0.25) is 0 Å². The molecule has 6 nitrogen and oxygen atoms in total. The number of halogens is 1. The van der Waals surface area contributed by atoms with Gasteiger partial charge in [-0.3, -0.25) is 9.36 Å². The number of hydrogen-bond acceptors (Lipinski definition) is 4. The van der Waals surface area contributed by atoms with Crippen molar-refractivity contribution in [2.45, 2.75) is 50.2 Å². The van der Waals surface area contributed by atoms with Gasteiger partial charge in [0.1, 0.15) is 11.9 Å². The van der Waals surface area contributed by atoms with Crippen molar-refractivity contribution in [3.05, 3.63) is 35.9 Å². The van der Waals surface area contributed by atoms with Crippen molar-refractivity contribution in [1.82, 2.24) is 20.1 Å². The average molecular weight is 421 g/mol. The van der Waals surface area contributed by atoms with E-state index in [1.54, 1.807) is 12.1 Å². The van der Waals surface area contributed by atoms with Crippen LogP contribution < -0.4 is 10.2 Å². The number of rotatable bonds is 8. The molecule has 1 aliphatic carbocycles. The molecule has 2 N–H and O–H groups in total. The molecule has 0 unspecified atom stereocenters. The monoisotopic (exact) mass is 420 g/mol. The van der Waals surface area contributed by atoms with Crippen LogP contribution in [0.3, 0.4) is 0 Å². The van der Waals surface area contributed by atoms with E-state index in [9.17, 15) is 9.18 Å². The van der Waals surface area contributed by atoms with Crippen molar-refractivity contribution >= 4 is 17.7 Å². The summed E-state index contributed by atoms with van der Waals surface area (Å²) >= 11 is 1.37. The van der Waals surface area contributed by atoms with E-state index < -0.39 is 0 Å². The van der Waals surface area contributed by atoms with E-state index in [1.807, 2.05) is 4.57 Å². The van der Waals surface area contributed by atoms with Gasteiger partial charge in [0.25, 0.3) is 0 Å². The Kier molecular flexibility index (Phi) is 7.66. The first-order valence-electron chi connectivity index (χ1n) is 10.4. The summed E-state index contributed by atoms with van der Waals surface area (Å²) in [4.78, 5) is 13.6. The highest BCUT2D eigenvalue weighted by molar-refractivity contribution is 7.99. The number of quaternary nitrogens is 1. The molecule has 2 aromatic rings. The molecule has 0 bridgehead atoms. The highest BCUT2D eigenvalue weighted by Crippen LogP contribution is 2.25. The van der Waals surface area contributed by atoms with Gasteiger partial charge in [0.15, 0.2) is 11.0 Å². The van der Waals surface area contributed by atoms with Crippen LogP contribution in [0.4, 0.5) is 4.39 Å². The molecule has 1 aromatic heterocycles. The van der Waals surface area contributed by atoms with E-state index in [4.69, 9.17) is 0 Å². The lowest BCUT2D eigenvalue weighted by Gasteiger charge is -2.21. The molecule has 1 amide bonds. The summed E-state index contributed by atoms with van der Waals surface area (Å²) in [6.07, 6.45) is 6.27. The zero-order chi connectivity index (χ0) is 20.8. The SMILES string of the molecule is C[C@H](c1nnc(SCC(=O)NCC2CCCCC2)n1-c1ccc(F)cc1)[NH+](C)C. The molecule has 1 aliphatic rings. The summed E-state index contributed by atoms with van der Waals surface area (Å²) < 4.78 is 15.3. The van der Waals surface area contributed by atoms with Crippen LogP contribution >= 0.6 is 11.8 Å². The van der Waals surface area contributed by atoms with E-state index in [-0.39, 0.29) is 23.5 Å². The largest absolute Gasteiger partial charge is 0.355 e. The molecule has 158 valence electrons. The van der Waals surface area contributed by atoms with Crippen LogP contribution in [0.25, 0.3) is 5.69 Å². The predicted octanol–water partition coefficient (Wildman–Crippen LogP) is 2.40. The van der Waals surface area contributed by atoms with Crippen molar-refractivity contribution in [2.24, 2.45) is 5.92 Å². The van der Waals surface area contributed by atoms with E-state index in [2.05, 4.69) is 36.5 Å². The Morgan fingerprint density at radius 3 is 2.59 bits per heavy atom. The topological polar surface area (TPSA) is 64.2 Å². The third-order valence-electron chi connectivity index (χ3n) is 5.64. The number of thioether (sulfide) groups is 1. The first-order valence-corrected chi connectivity index (χ1v) is 11.3. The van der Waals surface area contributed by atoms with E-state index in [1.165, 1.54) is 60.9 Å². The second-order valence-electron chi connectivity index (χ2n) is 8.05. The average Bonchev–Trinajstić information content (AvgIpc) is 3.15. The van der Waals surface area contributed by atoms with Crippen LogP contribution in [0, 0.1) is 11.7 Å². The Morgan fingerprint density at radius 1 is 1.24 bits per heavy atom. The minimum absolute atomic E-state index is 0.0158. The van der Waals surface area contributed by atoms with Gasteiger partial charge in [-0.2, -0.15) is 0 Å². The zero-order valence-electron chi connectivity index (χ0n) is 17.4. The fourth-order valence-electron chi connectivity index (χ4n) is 3.58. The van der Waals surface area contributed by atoms with E-state index in [0.717, 1.165) is 18.1 Å². The second-order valence-corrected chi connectivity index (χ2v) is 8.99. The normalized spacial score (nSPS) is 16.2. The molecule has 1 saturated carbocycles. The molecule has 1 heterocycles. The molecule has 0 radical (unpaired) electrons. The molecule has 0 spiro atoms. The maximum absolute atomic E-state index is 13.4. The minimum Gasteiger partial charge on any atom is -0.355 e. The Morgan fingerprint density at radius 2 is 1.93 bits per heavy atom. The van der Waals surface area contributed by atoms with Gasteiger partial charge >= 0.3 is 0 Å². The van der Waals surface area contributed by atoms with Gasteiger partial charge in [-0.25, -0.2) is 4.39 Å². The highest BCUT2D eigenvalue weighted by Gasteiger charge is 2.24. The summed E-state index contributed by atoms with van der Waals surface area (Å²) in [5.74, 6) is 1.42. The van der Waals surface area contributed by atoms with Crippen LogP contribution in [0.5, 0.6) is 0 Å². The number of amides is 1. The van der Waals surface area contributed by atoms with E-state index >= 15 is 0 Å². The molecule has 1 aromatic carbocycles. The summed E-state index contributed by atoms with van der Waals surface area (Å²) in [7, 11) is 4.11. The minimum atomic E-state index is -0.286. The maximum Gasteiger partial charge on any atom is 0.230 e. The number of carbonyl (C=O) groups is 1. The maximum atomic E-state index is 13.4. The van der Waals surface area contributed by atoms with Gasteiger partial charge < -0.3 is 10.2 Å². The fourth-order valence-corrected chi connectivity index (χ4v) is 4.37. The molecule has 8 heteroatoms. The number of nitrogens with zero attached hydrogens (tertiary/aromatic N) is 3. The van der Waals surface area contributed by atoms with Gasteiger partial charge in [0, 0.05) is 12.2 Å². The van der Waals surface area contributed by atoms with Gasteiger partial charge in [-0.1, -0.05) is 31.0 Å². The Bertz CT molecular complexity index is 802. The molecule has 3 rings (SSSR count). The molecule has 1 atom stereocenters. The van der Waals surface area contributed by atoms with Crippen molar-refractivity contribution in [3.63, 3.8) is 0 Å². The molecule has 0 aliphatic heterocycles.